The quantitative estimate of drug-likeness (QED) is 0.0931. The van der Waals surface area contributed by atoms with Gasteiger partial charge in [0.25, 0.3) is 23.6 Å². The fourth-order valence-corrected chi connectivity index (χ4v) is 7.38. The second-order valence-corrected chi connectivity index (χ2v) is 13.7. The summed E-state index contributed by atoms with van der Waals surface area (Å²) in [5, 5.41) is 20.0. The number of nitrogens with zero attached hydrogens (tertiary/aromatic N) is 2. The Labute approximate surface area is 280 Å². The summed E-state index contributed by atoms with van der Waals surface area (Å²) in [6, 6.07) is 5.14. The van der Waals surface area contributed by atoms with E-state index < -0.39 is 31.1 Å². The third-order valence-electron chi connectivity index (χ3n) is 10.2. The van der Waals surface area contributed by atoms with E-state index in [1.54, 1.807) is 12.1 Å². The number of carbonyl (C=O) groups excluding carboxylic acids is 4. The largest absolute Gasteiger partial charge is 0.394 e. The number of imide groups is 2. The lowest BCUT2D eigenvalue weighted by molar-refractivity contribution is 0.0373. The zero-order chi connectivity index (χ0) is 33.8. The van der Waals surface area contributed by atoms with Crippen LogP contribution < -0.4 is 0 Å². The smallest absolute Gasteiger partial charge is 0.261 e. The van der Waals surface area contributed by atoms with E-state index in [0.717, 1.165) is 37.0 Å². The maximum absolute atomic E-state index is 14.0. The number of aliphatic hydroxyl groups is 2. The molecule has 47 heavy (non-hydrogen) atoms. The highest BCUT2D eigenvalue weighted by Gasteiger charge is 2.41. The van der Waals surface area contributed by atoms with Gasteiger partial charge in [-0.3, -0.25) is 29.0 Å². The Morgan fingerprint density at radius 2 is 0.851 bits per heavy atom. The van der Waals surface area contributed by atoms with Crippen molar-refractivity contribution >= 4 is 34.4 Å². The minimum absolute atomic E-state index is 0.183. The van der Waals surface area contributed by atoms with E-state index in [1.165, 1.54) is 101 Å². The first-order chi connectivity index (χ1) is 22.9. The second-order valence-electron chi connectivity index (χ2n) is 13.7. The molecule has 0 radical (unpaired) electrons. The van der Waals surface area contributed by atoms with Gasteiger partial charge in [0.2, 0.25) is 0 Å². The summed E-state index contributed by atoms with van der Waals surface area (Å²) in [6.45, 7) is 3.68. The minimum atomic E-state index is -1.08. The molecule has 8 heteroatoms. The van der Waals surface area contributed by atoms with Crippen molar-refractivity contribution < 1.29 is 29.4 Å². The molecule has 0 aromatic heterocycles. The highest BCUT2D eigenvalue weighted by atomic mass is 16.3. The Bertz CT molecular complexity index is 1310. The highest BCUT2D eigenvalue weighted by molar-refractivity contribution is 6.33. The molecule has 0 saturated carbocycles. The molecule has 0 saturated heterocycles. The Balaban J connectivity index is 1.46. The fraction of sp³-hybridized carbons (Fsp3) is 0.641. The maximum Gasteiger partial charge on any atom is 0.261 e. The molecule has 0 spiro atoms. The van der Waals surface area contributed by atoms with Crippen molar-refractivity contribution in [2.45, 2.75) is 135 Å². The van der Waals surface area contributed by atoms with E-state index in [9.17, 15) is 29.4 Å². The average molecular weight is 649 g/mol. The third-order valence-corrected chi connectivity index (χ3v) is 10.2. The standard InChI is InChI=1S/C39H56N2O6/c1-3-5-7-9-11-12-13-14-16-18-20-28(19-17-15-10-8-6-4-2)25-40-36(44)30-21-23-32-35-33(24-22-31(34(30)35)37(40)45)39(47)41(38(32)46)29(26-42)27-43/h21-24,28-29,42-43H,3-20,25-27H2,1-2H3. The van der Waals surface area contributed by atoms with Crippen molar-refractivity contribution in [2.24, 2.45) is 5.92 Å². The molecule has 2 heterocycles. The second kappa shape index (κ2) is 18.4. The lowest BCUT2D eigenvalue weighted by Gasteiger charge is -2.35. The first kappa shape index (κ1) is 36.7. The minimum Gasteiger partial charge on any atom is -0.394 e. The molecule has 1 atom stereocenters. The topological polar surface area (TPSA) is 115 Å². The number of amides is 4. The Morgan fingerprint density at radius 3 is 1.21 bits per heavy atom. The molecule has 4 rings (SSSR count). The molecule has 2 aromatic rings. The van der Waals surface area contributed by atoms with Crippen LogP contribution in [-0.2, 0) is 0 Å². The Hall–Kier alpha value is -3.10. The van der Waals surface area contributed by atoms with Gasteiger partial charge >= 0.3 is 0 Å². The number of benzene rings is 2. The summed E-state index contributed by atoms with van der Waals surface area (Å²) >= 11 is 0. The van der Waals surface area contributed by atoms with Gasteiger partial charge in [-0.15, -0.1) is 0 Å². The van der Waals surface area contributed by atoms with Gasteiger partial charge in [-0.05, 0) is 43.0 Å². The lowest BCUT2D eigenvalue weighted by atomic mass is 9.85. The molecule has 2 aliphatic heterocycles. The molecular formula is C39H56N2O6. The molecule has 4 amide bonds. The van der Waals surface area contributed by atoms with Crippen LogP contribution in [0.4, 0.5) is 0 Å². The van der Waals surface area contributed by atoms with Crippen LogP contribution >= 0.6 is 0 Å². The number of hydrogen-bond acceptors (Lipinski definition) is 6. The maximum atomic E-state index is 14.0. The highest BCUT2D eigenvalue weighted by Crippen LogP contribution is 2.39. The summed E-state index contributed by atoms with van der Waals surface area (Å²) in [5.41, 5.74) is 1.02. The van der Waals surface area contributed by atoms with Gasteiger partial charge in [-0.1, -0.05) is 117 Å². The van der Waals surface area contributed by atoms with Crippen LogP contribution in [0.1, 0.15) is 171 Å². The average Bonchev–Trinajstić information content (AvgIpc) is 3.08. The van der Waals surface area contributed by atoms with Gasteiger partial charge in [0.1, 0.15) is 0 Å². The summed E-state index contributed by atoms with van der Waals surface area (Å²) in [7, 11) is 0. The van der Waals surface area contributed by atoms with Crippen LogP contribution in [0, 0.1) is 5.92 Å². The SMILES string of the molecule is CCCCCCCCCCCCC(CCCCCCCC)CN1C(=O)c2ccc3c4c(ccc(c24)C1=O)C(=O)N(C(CO)CO)C3=O. The van der Waals surface area contributed by atoms with E-state index in [-0.39, 0.29) is 28.9 Å². The molecular weight excluding hydrogens is 592 g/mol. The van der Waals surface area contributed by atoms with Gasteiger partial charge in [0.15, 0.2) is 0 Å². The van der Waals surface area contributed by atoms with Gasteiger partial charge in [-0.2, -0.15) is 0 Å². The van der Waals surface area contributed by atoms with Gasteiger partial charge in [0, 0.05) is 39.6 Å². The molecule has 2 aliphatic rings. The molecule has 0 aliphatic carbocycles. The molecule has 1 unspecified atom stereocenters. The number of carbonyl (C=O) groups is 4. The summed E-state index contributed by atoms with van der Waals surface area (Å²) in [6.07, 6.45) is 21.8. The molecule has 2 aromatic carbocycles. The molecule has 8 nitrogen and oxygen atoms in total. The van der Waals surface area contributed by atoms with Crippen LogP contribution in [0.5, 0.6) is 0 Å². The number of rotatable bonds is 23. The van der Waals surface area contributed by atoms with Crippen molar-refractivity contribution in [3.8, 4) is 0 Å². The molecule has 2 N–H and O–H groups in total. The first-order valence-electron chi connectivity index (χ1n) is 18.4. The molecule has 258 valence electrons. The third kappa shape index (κ3) is 8.69. The number of aliphatic hydroxyl groups excluding tert-OH is 2. The van der Waals surface area contributed by atoms with Crippen molar-refractivity contribution in [3.05, 3.63) is 46.5 Å². The van der Waals surface area contributed by atoms with Crippen LogP contribution in [0.15, 0.2) is 24.3 Å². The lowest BCUT2D eigenvalue weighted by Crippen LogP contribution is -2.50. The van der Waals surface area contributed by atoms with Crippen LogP contribution in [0.25, 0.3) is 10.8 Å². The fourth-order valence-electron chi connectivity index (χ4n) is 7.38. The summed E-state index contributed by atoms with van der Waals surface area (Å²) in [5.74, 6) is -1.85. The normalized spacial score (nSPS) is 15.1. The zero-order valence-electron chi connectivity index (χ0n) is 28.7. The van der Waals surface area contributed by atoms with Crippen molar-refractivity contribution in [3.63, 3.8) is 0 Å². The predicted molar refractivity (Wildman–Crippen MR) is 186 cm³/mol. The van der Waals surface area contributed by atoms with Crippen LogP contribution in [0.2, 0.25) is 0 Å². The number of unbranched alkanes of at least 4 members (excludes halogenated alkanes) is 14. The van der Waals surface area contributed by atoms with E-state index in [4.69, 9.17) is 0 Å². The van der Waals surface area contributed by atoms with E-state index in [2.05, 4.69) is 13.8 Å². The van der Waals surface area contributed by atoms with Crippen LogP contribution in [0.3, 0.4) is 0 Å². The van der Waals surface area contributed by atoms with Gasteiger partial charge in [-0.25, -0.2) is 0 Å². The van der Waals surface area contributed by atoms with Crippen LogP contribution in [-0.4, -0.2) is 69.4 Å². The first-order valence-corrected chi connectivity index (χ1v) is 18.4. The summed E-state index contributed by atoms with van der Waals surface area (Å²) in [4.78, 5) is 57.0. The zero-order valence-corrected chi connectivity index (χ0v) is 28.7. The Morgan fingerprint density at radius 1 is 0.511 bits per heavy atom. The number of hydrogen-bond donors (Lipinski definition) is 2. The molecule has 0 fully saturated rings. The summed E-state index contributed by atoms with van der Waals surface area (Å²) < 4.78 is 0. The van der Waals surface area contributed by atoms with Crippen molar-refractivity contribution in [1.29, 1.82) is 0 Å². The van der Waals surface area contributed by atoms with Crippen molar-refractivity contribution in [1.82, 2.24) is 9.80 Å². The van der Waals surface area contributed by atoms with Crippen molar-refractivity contribution in [2.75, 3.05) is 19.8 Å². The predicted octanol–water partition coefficient (Wildman–Crippen LogP) is 8.06. The van der Waals surface area contributed by atoms with E-state index in [1.807, 2.05) is 0 Å². The Kier molecular flexibility index (Phi) is 14.4. The monoisotopic (exact) mass is 648 g/mol. The van der Waals surface area contributed by atoms with Gasteiger partial charge in [0.05, 0.1) is 19.3 Å². The van der Waals surface area contributed by atoms with Gasteiger partial charge < -0.3 is 10.2 Å². The van der Waals surface area contributed by atoms with E-state index in [0.29, 0.717) is 28.4 Å². The van der Waals surface area contributed by atoms with E-state index >= 15 is 0 Å². The molecule has 0 bridgehead atoms.